The molecule has 7 heteroatoms. The van der Waals surface area contributed by atoms with Crippen molar-refractivity contribution in [2.75, 3.05) is 13.2 Å². The molecule has 0 aliphatic heterocycles. The van der Waals surface area contributed by atoms with Crippen LogP contribution >= 0.6 is 0 Å². The monoisotopic (exact) mass is 391 g/mol. The summed E-state index contributed by atoms with van der Waals surface area (Å²) in [5.74, 6) is 0.747. The van der Waals surface area contributed by atoms with Crippen LogP contribution in [0.3, 0.4) is 0 Å². The van der Waals surface area contributed by atoms with Crippen LogP contribution < -0.4 is 5.32 Å². The molecule has 150 valence electrons. The van der Waals surface area contributed by atoms with E-state index in [-0.39, 0.29) is 12.0 Å². The number of carbonyl (C=O) groups is 1. The van der Waals surface area contributed by atoms with Crippen molar-refractivity contribution in [1.82, 2.24) is 25.3 Å². The van der Waals surface area contributed by atoms with Gasteiger partial charge in [-0.2, -0.15) is 0 Å². The number of ether oxygens (including phenoxy) is 1. The normalized spacial score (nSPS) is 11.6. The van der Waals surface area contributed by atoms with E-state index in [1.165, 1.54) is 0 Å². The molecular formula is C22H25N5O2. The van der Waals surface area contributed by atoms with Crippen molar-refractivity contribution in [2.45, 2.75) is 33.3 Å². The third-order valence-electron chi connectivity index (χ3n) is 4.74. The number of nitrogens with zero attached hydrogens (tertiary/aromatic N) is 2. The number of hydrogen-bond donors (Lipinski definition) is 3. The Bertz CT molecular complexity index is 1160. The van der Waals surface area contributed by atoms with Gasteiger partial charge in [0, 0.05) is 47.1 Å². The molecular weight excluding hydrogens is 366 g/mol. The van der Waals surface area contributed by atoms with Crippen LogP contribution in [0.1, 0.15) is 36.5 Å². The fraction of sp³-hybridized carbons (Fsp3) is 0.318. The molecule has 4 aromatic rings. The quantitative estimate of drug-likeness (QED) is 0.416. The summed E-state index contributed by atoms with van der Waals surface area (Å²) in [5, 5.41) is 3.99. The molecule has 0 saturated carbocycles. The Hall–Kier alpha value is -3.19. The smallest absolute Gasteiger partial charge is 0.251 e. The van der Waals surface area contributed by atoms with E-state index in [1.54, 1.807) is 6.20 Å². The van der Waals surface area contributed by atoms with Gasteiger partial charge in [-0.1, -0.05) is 6.07 Å². The lowest BCUT2D eigenvalue weighted by Gasteiger charge is -2.08. The van der Waals surface area contributed by atoms with Gasteiger partial charge in [-0.15, -0.1) is 0 Å². The van der Waals surface area contributed by atoms with E-state index in [1.807, 2.05) is 45.0 Å². The van der Waals surface area contributed by atoms with Crippen molar-refractivity contribution in [3.8, 4) is 11.3 Å². The number of aromatic amines is 2. The summed E-state index contributed by atoms with van der Waals surface area (Å²) in [5.41, 5.74) is 5.10. The predicted octanol–water partition coefficient (Wildman–Crippen LogP) is 3.96. The number of fused-ring (bicyclic) bond motifs is 2. The summed E-state index contributed by atoms with van der Waals surface area (Å²) >= 11 is 0. The molecule has 3 aromatic heterocycles. The number of aryl methyl sites for hydroxylation is 1. The molecule has 0 fully saturated rings. The average molecular weight is 391 g/mol. The number of H-pyrrole nitrogens is 2. The van der Waals surface area contributed by atoms with Crippen molar-refractivity contribution in [3.05, 3.63) is 47.9 Å². The Morgan fingerprint density at radius 3 is 2.90 bits per heavy atom. The lowest BCUT2D eigenvalue weighted by Crippen LogP contribution is -2.25. The summed E-state index contributed by atoms with van der Waals surface area (Å²) in [4.78, 5) is 27.9. The van der Waals surface area contributed by atoms with Crippen LogP contribution in [0.4, 0.5) is 0 Å². The minimum absolute atomic E-state index is 0.0805. The molecule has 0 radical (unpaired) electrons. The first kappa shape index (κ1) is 19.1. The predicted molar refractivity (Wildman–Crippen MR) is 114 cm³/mol. The summed E-state index contributed by atoms with van der Waals surface area (Å²) in [7, 11) is 0. The van der Waals surface area contributed by atoms with Crippen LogP contribution in [0.15, 0.2) is 36.5 Å². The van der Waals surface area contributed by atoms with E-state index in [0.717, 1.165) is 39.9 Å². The fourth-order valence-corrected chi connectivity index (χ4v) is 3.36. The third kappa shape index (κ3) is 4.14. The molecule has 0 saturated heterocycles. The van der Waals surface area contributed by atoms with Gasteiger partial charge in [0.15, 0.2) is 5.65 Å². The molecule has 0 bridgehead atoms. The Morgan fingerprint density at radius 2 is 2.07 bits per heavy atom. The standard InChI is InChI=1S/C22H25N5O2/c1-13(2)29-10-4-8-24-22(28)16-6-5-15-11-19(27-18(15)12-16)17-7-9-23-21-20(17)25-14(3)26-21/h5-7,9,11-13,27H,4,8,10H2,1-3H3,(H,24,28)(H,23,25,26). The number of aromatic nitrogens is 4. The molecule has 7 nitrogen and oxygen atoms in total. The van der Waals surface area contributed by atoms with Gasteiger partial charge in [0.05, 0.1) is 11.6 Å². The number of imidazole rings is 1. The average Bonchev–Trinajstić information content (AvgIpc) is 3.28. The van der Waals surface area contributed by atoms with Crippen LogP contribution in [-0.4, -0.2) is 45.1 Å². The molecule has 4 rings (SSSR count). The highest BCUT2D eigenvalue weighted by molar-refractivity contribution is 6.00. The molecule has 3 N–H and O–H groups in total. The van der Waals surface area contributed by atoms with E-state index < -0.39 is 0 Å². The van der Waals surface area contributed by atoms with Gasteiger partial charge < -0.3 is 20.0 Å². The summed E-state index contributed by atoms with van der Waals surface area (Å²) in [6.07, 6.45) is 2.76. The number of pyridine rings is 1. The second-order valence-electron chi connectivity index (χ2n) is 7.39. The topological polar surface area (TPSA) is 95.7 Å². The number of rotatable bonds is 7. The summed E-state index contributed by atoms with van der Waals surface area (Å²) < 4.78 is 5.50. The highest BCUT2D eigenvalue weighted by atomic mass is 16.5. The van der Waals surface area contributed by atoms with Gasteiger partial charge in [0.25, 0.3) is 5.91 Å². The zero-order valence-corrected chi connectivity index (χ0v) is 16.9. The molecule has 1 amide bonds. The minimum atomic E-state index is -0.0805. The Morgan fingerprint density at radius 1 is 1.21 bits per heavy atom. The zero-order valence-electron chi connectivity index (χ0n) is 16.9. The van der Waals surface area contributed by atoms with Crippen molar-refractivity contribution < 1.29 is 9.53 Å². The second kappa shape index (κ2) is 8.05. The number of carbonyl (C=O) groups excluding carboxylic acids is 1. The van der Waals surface area contributed by atoms with Gasteiger partial charge in [-0.3, -0.25) is 4.79 Å². The fourth-order valence-electron chi connectivity index (χ4n) is 3.36. The molecule has 1 aromatic carbocycles. The van der Waals surface area contributed by atoms with Gasteiger partial charge in [-0.05, 0) is 51.5 Å². The molecule has 29 heavy (non-hydrogen) atoms. The van der Waals surface area contributed by atoms with Crippen LogP contribution in [0.5, 0.6) is 0 Å². The molecule has 0 spiro atoms. The minimum Gasteiger partial charge on any atom is -0.379 e. The maximum absolute atomic E-state index is 12.5. The Balaban J connectivity index is 1.52. The van der Waals surface area contributed by atoms with Crippen molar-refractivity contribution in [3.63, 3.8) is 0 Å². The van der Waals surface area contributed by atoms with Crippen molar-refractivity contribution >= 4 is 28.0 Å². The molecule has 0 aliphatic carbocycles. The van der Waals surface area contributed by atoms with Gasteiger partial charge in [-0.25, -0.2) is 9.97 Å². The van der Waals surface area contributed by atoms with Gasteiger partial charge in [0.1, 0.15) is 5.82 Å². The van der Waals surface area contributed by atoms with E-state index >= 15 is 0 Å². The molecule has 3 heterocycles. The maximum Gasteiger partial charge on any atom is 0.251 e. The van der Waals surface area contributed by atoms with Crippen LogP contribution in [-0.2, 0) is 4.74 Å². The number of nitrogens with one attached hydrogen (secondary N) is 3. The maximum atomic E-state index is 12.5. The van der Waals surface area contributed by atoms with Crippen molar-refractivity contribution in [1.29, 1.82) is 0 Å². The summed E-state index contributed by atoms with van der Waals surface area (Å²) in [6.45, 7) is 7.15. The number of amides is 1. The van der Waals surface area contributed by atoms with E-state index in [2.05, 4.69) is 31.3 Å². The SMILES string of the molecule is Cc1nc2nccc(-c3cc4ccc(C(=O)NCCCOC(C)C)cc4[nH]3)c2[nH]1. The lowest BCUT2D eigenvalue weighted by atomic mass is 10.1. The van der Waals surface area contributed by atoms with E-state index in [0.29, 0.717) is 24.4 Å². The molecule has 0 aliphatic rings. The largest absolute Gasteiger partial charge is 0.379 e. The molecule has 0 unspecified atom stereocenters. The Labute approximate surface area is 168 Å². The van der Waals surface area contributed by atoms with Gasteiger partial charge in [0.2, 0.25) is 0 Å². The first-order chi connectivity index (χ1) is 14.0. The summed E-state index contributed by atoms with van der Waals surface area (Å²) in [6, 6.07) is 9.73. The second-order valence-corrected chi connectivity index (χ2v) is 7.39. The highest BCUT2D eigenvalue weighted by Crippen LogP contribution is 2.29. The number of hydrogen-bond acceptors (Lipinski definition) is 4. The van der Waals surface area contributed by atoms with E-state index in [9.17, 15) is 4.79 Å². The lowest BCUT2D eigenvalue weighted by molar-refractivity contribution is 0.0757. The van der Waals surface area contributed by atoms with Crippen LogP contribution in [0, 0.1) is 6.92 Å². The van der Waals surface area contributed by atoms with Crippen molar-refractivity contribution in [2.24, 2.45) is 0 Å². The molecule has 0 atom stereocenters. The Kier molecular flexibility index (Phi) is 5.31. The zero-order chi connectivity index (χ0) is 20.4. The highest BCUT2D eigenvalue weighted by Gasteiger charge is 2.12. The van der Waals surface area contributed by atoms with Crippen LogP contribution in [0.25, 0.3) is 33.3 Å². The number of benzene rings is 1. The van der Waals surface area contributed by atoms with Crippen LogP contribution in [0.2, 0.25) is 0 Å². The first-order valence-electron chi connectivity index (χ1n) is 9.85. The first-order valence-corrected chi connectivity index (χ1v) is 9.85. The van der Waals surface area contributed by atoms with E-state index in [4.69, 9.17) is 4.74 Å². The third-order valence-corrected chi connectivity index (χ3v) is 4.74. The van der Waals surface area contributed by atoms with Gasteiger partial charge >= 0.3 is 0 Å².